The molecule has 0 heterocycles. The Morgan fingerprint density at radius 2 is 2.31 bits per heavy atom. The number of benzene rings is 1. The molecule has 0 aromatic heterocycles. The number of carbonyl (C=O) groups excluding carboxylic acids is 1. The zero-order valence-electron chi connectivity index (χ0n) is 9.38. The van der Waals surface area contributed by atoms with Crippen molar-refractivity contribution >= 4 is 21.8 Å². The topological polar surface area (TPSA) is 29.1 Å². The van der Waals surface area contributed by atoms with Gasteiger partial charge < -0.3 is 5.32 Å². The Kier molecular flexibility index (Phi) is 4.57. The highest BCUT2D eigenvalue weighted by Gasteiger charge is 2.09. The molecule has 0 aliphatic rings. The Balaban J connectivity index is 2.74. The van der Waals surface area contributed by atoms with E-state index < -0.39 is 0 Å². The normalized spacial score (nSPS) is 11.6. The molecule has 16 heavy (non-hydrogen) atoms. The summed E-state index contributed by atoms with van der Waals surface area (Å²) in [6.07, 6.45) is 5.72. The third-order valence-corrected chi connectivity index (χ3v) is 3.09. The zero-order valence-corrected chi connectivity index (χ0v) is 11.0. The lowest BCUT2D eigenvalue weighted by molar-refractivity contribution is 0.0941. The lowest BCUT2D eigenvalue weighted by Gasteiger charge is -2.11. The summed E-state index contributed by atoms with van der Waals surface area (Å²) in [6.45, 7) is 3.87. The van der Waals surface area contributed by atoms with Gasteiger partial charge in [0, 0.05) is 22.5 Å². The molecule has 0 spiro atoms. The van der Waals surface area contributed by atoms with Crippen LogP contribution in [-0.4, -0.2) is 11.9 Å². The summed E-state index contributed by atoms with van der Waals surface area (Å²) in [7, 11) is 0. The molecule has 1 aromatic rings. The highest BCUT2D eigenvalue weighted by Crippen LogP contribution is 2.17. The Labute approximate surface area is 105 Å². The highest BCUT2D eigenvalue weighted by molar-refractivity contribution is 9.10. The van der Waals surface area contributed by atoms with Crippen LogP contribution in [0.5, 0.6) is 0 Å². The van der Waals surface area contributed by atoms with Crippen LogP contribution in [0.2, 0.25) is 0 Å². The molecule has 1 atom stereocenters. The molecule has 0 fully saturated rings. The Morgan fingerprint density at radius 3 is 2.88 bits per heavy atom. The summed E-state index contributed by atoms with van der Waals surface area (Å²) in [6, 6.07) is 5.52. The van der Waals surface area contributed by atoms with E-state index in [0.29, 0.717) is 12.0 Å². The quantitative estimate of drug-likeness (QED) is 0.847. The van der Waals surface area contributed by atoms with Crippen molar-refractivity contribution in [2.24, 2.45) is 0 Å². The van der Waals surface area contributed by atoms with Crippen LogP contribution in [-0.2, 0) is 0 Å². The van der Waals surface area contributed by atoms with Crippen LogP contribution in [0.15, 0.2) is 22.7 Å². The molecule has 2 nitrogen and oxygen atoms in total. The van der Waals surface area contributed by atoms with Gasteiger partial charge in [-0.2, -0.15) is 0 Å². The molecular weight excluding hydrogens is 266 g/mol. The van der Waals surface area contributed by atoms with Crippen LogP contribution in [0.3, 0.4) is 0 Å². The molecule has 84 valence electrons. The maximum Gasteiger partial charge on any atom is 0.251 e. The van der Waals surface area contributed by atoms with Gasteiger partial charge in [0.05, 0.1) is 0 Å². The molecule has 1 N–H and O–H groups in total. The van der Waals surface area contributed by atoms with E-state index in [1.807, 2.05) is 26.0 Å². The van der Waals surface area contributed by atoms with Gasteiger partial charge in [-0.15, -0.1) is 12.3 Å². The van der Waals surface area contributed by atoms with E-state index in [2.05, 4.69) is 27.2 Å². The molecule has 1 aromatic carbocycles. The smallest absolute Gasteiger partial charge is 0.251 e. The molecule has 3 heteroatoms. The first-order valence-corrected chi connectivity index (χ1v) is 5.84. The monoisotopic (exact) mass is 279 g/mol. The number of halogens is 1. The van der Waals surface area contributed by atoms with E-state index in [0.717, 1.165) is 10.0 Å². The summed E-state index contributed by atoms with van der Waals surface area (Å²) >= 11 is 3.40. The molecule has 0 bridgehead atoms. The van der Waals surface area contributed by atoms with Crippen LogP contribution >= 0.6 is 15.9 Å². The Bertz CT molecular complexity index is 434. The van der Waals surface area contributed by atoms with Gasteiger partial charge in [0.1, 0.15) is 0 Å². The predicted octanol–water partition coefficient (Wildman–Crippen LogP) is 2.90. The average Bonchev–Trinajstić information content (AvgIpc) is 2.22. The molecule has 0 saturated heterocycles. The number of aryl methyl sites for hydroxylation is 1. The second-order valence-corrected chi connectivity index (χ2v) is 4.60. The van der Waals surface area contributed by atoms with Gasteiger partial charge in [-0.3, -0.25) is 4.79 Å². The van der Waals surface area contributed by atoms with Crippen molar-refractivity contribution in [3.8, 4) is 12.3 Å². The number of amides is 1. The fourth-order valence-electron chi connectivity index (χ4n) is 1.27. The van der Waals surface area contributed by atoms with E-state index in [1.165, 1.54) is 0 Å². The number of carbonyl (C=O) groups is 1. The van der Waals surface area contributed by atoms with E-state index in [1.54, 1.807) is 6.07 Å². The minimum absolute atomic E-state index is 0.00224. The van der Waals surface area contributed by atoms with E-state index in [-0.39, 0.29) is 11.9 Å². The van der Waals surface area contributed by atoms with E-state index in [9.17, 15) is 4.79 Å². The maximum absolute atomic E-state index is 11.8. The Morgan fingerprint density at radius 1 is 1.62 bits per heavy atom. The van der Waals surface area contributed by atoms with Crippen molar-refractivity contribution in [3.05, 3.63) is 33.8 Å². The molecular formula is C13H14BrNO. The third-order valence-electron chi connectivity index (χ3n) is 2.24. The zero-order chi connectivity index (χ0) is 12.1. The van der Waals surface area contributed by atoms with Crippen LogP contribution < -0.4 is 5.32 Å². The number of rotatable bonds is 3. The maximum atomic E-state index is 11.8. The number of hydrogen-bond donors (Lipinski definition) is 1. The van der Waals surface area contributed by atoms with E-state index >= 15 is 0 Å². The average molecular weight is 280 g/mol. The SMILES string of the molecule is C#CCC(C)NC(=O)c1ccc(C)c(Br)c1. The number of nitrogens with one attached hydrogen (secondary N) is 1. The van der Waals surface area contributed by atoms with Crippen molar-refractivity contribution in [3.63, 3.8) is 0 Å². The van der Waals surface area contributed by atoms with Crippen molar-refractivity contribution in [2.45, 2.75) is 26.3 Å². The van der Waals surface area contributed by atoms with Crippen LogP contribution in [0.25, 0.3) is 0 Å². The minimum atomic E-state index is -0.0940. The van der Waals surface area contributed by atoms with Gasteiger partial charge in [-0.05, 0) is 31.5 Å². The van der Waals surface area contributed by atoms with Gasteiger partial charge in [0.15, 0.2) is 0 Å². The van der Waals surface area contributed by atoms with Crippen molar-refractivity contribution in [2.75, 3.05) is 0 Å². The highest BCUT2D eigenvalue weighted by atomic mass is 79.9. The van der Waals surface area contributed by atoms with Gasteiger partial charge in [-0.25, -0.2) is 0 Å². The molecule has 1 amide bonds. The lowest BCUT2D eigenvalue weighted by Crippen LogP contribution is -2.32. The van der Waals surface area contributed by atoms with Crippen LogP contribution in [0.4, 0.5) is 0 Å². The summed E-state index contributed by atoms with van der Waals surface area (Å²) in [5, 5.41) is 2.84. The van der Waals surface area contributed by atoms with Crippen molar-refractivity contribution < 1.29 is 4.79 Å². The van der Waals surface area contributed by atoms with Gasteiger partial charge in [0.2, 0.25) is 0 Å². The third kappa shape index (κ3) is 3.39. The fourth-order valence-corrected chi connectivity index (χ4v) is 1.65. The lowest BCUT2D eigenvalue weighted by atomic mass is 10.1. The first-order valence-electron chi connectivity index (χ1n) is 5.05. The summed E-state index contributed by atoms with van der Waals surface area (Å²) in [5.74, 6) is 2.43. The van der Waals surface area contributed by atoms with Crippen LogP contribution in [0.1, 0.15) is 29.3 Å². The van der Waals surface area contributed by atoms with Crippen molar-refractivity contribution in [1.29, 1.82) is 0 Å². The number of terminal acetylenes is 1. The second-order valence-electron chi connectivity index (χ2n) is 3.75. The largest absolute Gasteiger partial charge is 0.349 e. The van der Waals surface area contributed by atoms with Gasteiger partial charge >= 0.3 is 0 Å². The first kappa shape index (κ1) is 12.8. The molecule has 0 aliphatic heterocycles. The van der Waals surface area contributed by atoms with Crippen molar-refractivity contribution in [1.82, 2.24) is 5.32 Å². The molecule has 0 aliphatic carbocycles. The molecule has 0 radical (unpaired) electrons. The molecule has 1 unspecified atom stereocenters. The number of hydrogen-bond acceptors (Lipinski definition) is 1. The van der Waals surface area contributed by atoms with Gasteiger partial charge in [-0.1, -0.05) is 22.0 Å². The standard InChI is InChI=1S/C13H14BrNO/c1-4-5-10(3)15-13(16)11-7-6-9(2)12(14)8-11/h1,6-8,10H,5H2,2-3H3,(H,15,16). The predicted molar refractivity (Wildman–Crippen MR) is 69.3 cm³/mol. The first-order chi connectivity index (χ1) is 7.54. The molecule has 0 saturated carbocycles. The summed E-state index contributed by atoms with van der Waals surface area (Å²) in [4.78, 5) is 11.8. The minimum Gasteiger partial charge on any atom is -0.349 e. The molecule has 1 rings (SSSR count). The van der Waals surface area contributed by atoms with E-state index in [4.69, 9.17) is 6.42 Å². The second kappa shape index (κ2) is 5.72. The van der Waals surface area contributed by atoms with Crippen LogP contribution in [0, 0.1) is 19.3 Å². The summed E-state index contributed by atoms with van der Waals surface area (Å²) < 4.78 is 0.935. The summed E-state index contributed by atoms with van der Waals surface area (Å²) in [5.41, 5.74) is 1.74. The fraction of sp³-hybridized carbons (Fsp3) is 0.308. The Hall–Kier alpha value is -1.27. The van der Waals surface area contributed by atoms with Gasteiger partial charge in [0.25, 0.3) is 5.91 Å².